The molecule has 1 fully saturated rings. The van der Waals surface area contributed by atoms with Gasteiger partial charge >= 0.3 is 5.69 Å². The van der Waals surface area contributed by atoms with Crippen LogP contribution in [-0.2, 0) is 20.0 Å². The van der Waals surface area contributed by atoms with E-state index >= 15 is 0 Å². The maximum Gasteiger partial charge on any atom is 0.332 e. The van der Waals surface area contributed by atoms with E-state index in [0.29, 0.717) is 30.0 Å². The average molecular weight is 435 g/mol. The summed E-state index contributed by atoms with van der Waals surface area (Å²) in [4.78, 5) is 33.6. The fraction of sp³-hybridized carbons (Fsp3) is 0.458. The van der Waals surface area contributed by atoms with Crippen LogP contribution in [0.3, 0.4) is 0 Å². The van der Waals surface area contributed by atoms with Crippen LogP contribution in [0.1, 0.15) is 37.4 Å². The fourth-order valence-corrected chi connectivity index (χ4v) is 4.96. The van der Waals surface area contributed by atoms with Crippen LogP contribution in [0.15, 0.2) is 40.1 Å². The second-order valence-electron chi connectivity index (χ2n) is 8.74. The third kappa shape index (κ3) is 3.21. The molecular formula is C24H30N6O2. The smallest absolute Gasteiger partial charge is 0.302 e. The normalized spacial score (nSPS) is 15.2. The molecular weight excluding hydrogens is 404 g/mol. The number of para-hydroxylation sites is 1. The number of nitrogens with zero attached hydrogens (tertiary/aromatic N) is 6. The van der Waals surface area contributed by atoms with Crippen LogP contribution in [0.25, 0.3) is 22.6 Å². The van der Waals surface area contributed by atoms with E-state index in [-0.39, 0.29) is 11.2 Å². The highest BCUT2D eigenvalue weighted by Gasteiger charge is 2.22. The van der Waals surface area contributed by atoms with Crippen LogP contribution >= 0.6 is 0 Å². The van der Waals surface area contributed by atoms with Gasteiger partial charge in [-0.1, -0.05) is 31.5 Å². The Morgan fingerprint density at radius 2 is 1.78 bits per heavy atom. The molecule has 8 nitrogen and oxygen atoms in total. The van der Waals surface area contributed by atoms with Crippen molar-refractivity contribution in [1.29, 1.82) is 0 Å². The SMILES string of the molecule is CCc1ccccc1-n1c(C)cn2c3c(=O)n(CCN4CCCCC4)c(=O)n(C)c3nc12. The van der Waals surface area contributed by atoms with Crippen molar-refractivity contribution in [1.82, 2.24) is 28.0 Å². The van der Waals surface area contributed by atoms with Crippen molar-refractivity contribution in [3.8, 4) is 5.69 Å². The lowest BCUT2D eigenvalue weighted by atomic mass is 10.1. The molecule has 4 aromatic rings. The van der Waals surface area contributed by atoms with Crippen LogP contribution in [0.4, 0.5) is 0 Å². The Balaban J connectivity index is 1.68. The van der Waals surface area contributed by atoms with Crippen molar-refractivity contribution < 1.29 is 0 Å². The van der Waals surface area contributed by atoms with Crippen LogP contribution < -0.4 is 11.2 Å². The molecule has 0 atom stereocenters. The van der Waals surface area contributed by atoms with E-state index in [1.807, 2.05) is 29.7 Å². The van der Waals surface area contributed by atoms with Crippen molar-refractivity contribution in [2.45, 2.75) is 46.1 Å². The van der Waals surface area contributed by atoms with E-state index in [1.165, 1.54) is 34.0 Å². The summed E-state index contributed by atoms with van der Waals surface area (Å²) >= 11 is 0. The summed E-state index contributed by atoms with van der Waals surface area (Å²) in [6.07, 6.45) is 6.46. The minimum Gasteiger partial charge on any atom is -0.302 e. The molecule has 5 rings (SSSR count). The second kappa shape index (κ2) is 8.09. The molecule has 1 aliphatic heterocycles. The lowest BCUT2D eigenvalue weighted by Crippen LogP contribution is -2.43. The molecule has 0 bridgehead atoms. The Bertz CT molecular complexity index is 1410. The van der Waals surface area contributed by atoms with Crippen molar-refractivity contribution in [2.24, 2.45) is 7.05 Å². The standard InChI is InChI=1S/C24H30N6O2/c1-4-18-10-6-7-11-19(18)30-17(2)16-29-20-21(25-23(29)30)26(3)24(32)28(22(20)31)15-14-27-12-8-5-9-13-27/h6-7,10-11,16H,4-5,8-9,12-15H2,1-3H3. The zero-order valence-corrected chi connectivity index (χ0v) is 19.0. The number of fused-ring (bicyclic) bond motifs is 3. The molecule has 1 saturated heterocycles. The first-order valence-electron chi connectivity index (χ1n) is 11.5. The maximum absolute atomic E-state index is 13.5. The summed E-state index contributed by atoms with van der Waals surface area (Å²) in [7, 11) is 1.70. The number of piperidine rings is 1. The number of aryl methyl sites for hydroxylation is 3. The number of aromatic nitrogens is 5. The van der Waals surface area contributed by atoms with Gasteiger partial charge in [-0.3, -0.25) is 22.9 Å². The first-order valence-corrected chi connectivity index (χ1v) is 11.5. The number of benzene rings is 1. The average Bonchev–Trinajstić information content (AvgIpc) is 3.32. The highest BCUT2D eigenvalue weighted by molar-refractivity contribution is 5.76. The molecule has 1 aliphatic rings. The van der Waals surface area contributed by atoms with E-state index in [0.717, 1.165) is 30.9 Å². The van der Waals surface area contributed by atoms with E-state index in [2.05, 4.69) is 28.5 Å². The van der Waals surface area contributed by atoms with Gasteiger partial charge in [0.15, 0.2) is 11.2 Å². The largest absolute Gasteiger partial charge is 0.332 e. The summed E-state index contributed by atoms with van der Waals surface area (Å²) in [5, 5.41) is 0. The van der Waals surface area contributed by atoms with Gasteiger partial charge < -0.3 is 4.90 Å². The summed E-state index contributed by atoms with van der Waals surface area (Å²) in [5.41, 5.74) is 3.54. The molecule has 0 unspecified atom stereocenters. The monoisotopic (exact) mass is 434 g/mol. The molecule has 0 spiro atoms. The van der Waals surface area contributed by atoms with Gasteiger partial charge in [0.05, 0.1) is 5.69 Å². The minimum atomic E-state index is -0.308. The van der Waals surface area contributed by atoms with E-state index in [9.17, 15) is 9.59 Å². The molecule has 0 aliphatic carbocycles. The van der Waals surface area contributed by atoms with Gasteiger partial charge in [-0.05, 0) is 50.9 Å². The molecule has 0 N–H and O–H groups in total. The Morgan fingerprint density at radius 1 is 1.03 bits per heavy atom. The Labute approximate surface area is 186 Å². The van der Waals surface area contributed by atoms with Gasteiger partial charge in [0.2, 0.25) is 5.78 Å². The quantitative estimate of drug-likeness (QED) is 0.484. The molecule has 168 valence electrons. The van der Waals surface area contributed by atoms with Crippen LogP contribution in [-0.4, -0.2) is 47.6 Å². The number of hydrogen-bond acceptors (Lipinski definition) is 4. The van der Waals surface area contributed by atoms with E-state index in [4.69, 9.17) is 4.98 Å². The zero-order chi connectivity index (χ0) is 22.4. The first kappa shape index (κ1) is 20.8. The minimum absolute atomic E-state index is 0.270. The summed E-state index contributed by atoms with van der Waals surface area (Å²) in [6.45, 7) is 7.32. The molecule has 0 radical (unpaired) electrons. The Morgan fingerprint density at radius 3 is 2.53 bits per heavy atom. The number of imidazole rings is 2. The van der Waals surface area contributed by atoms with Gasteiger partial charge in [0, 0.05) is 32.0 Å². The topological polar surface area (TPSA) is 69.5 Å². The third-order valence-electron chi connectivity index (χ3n) is 6.73. The highest BCUT2D eigenvalue weighted by Crippen LogP contribution is 2.23. The maximum atomic E-state index is 13.5. The Kier molecular flexibility index (Phi) is 5.25. The predicted octanol–water partition coefficient (Wildman–Crippen LogP) is 2.50. The molecule has 32 heavy (non-hydrogen) atoms. The molecule has 0 amide bonds. The Hall–Kier alpha value is -3.13. The summed E-state index contributed by atoms with van der Waals surface area (Å²) in [6, 6.07) is 8.22. The molecule has 4 heterocycles. The van der Waals surface area contributed by atoms with Crippen molar-refractivity contribution >= 4 is 16.9 Å². The van der Waals surface area contributed by atoms with Gasteiger partial charge in [-0.2, -0.15) is 4.98 Å². The van der Waals surface area contributed by atoms with Crippen LogP contribution in [0, 0.1) is 6.92 Å². The van der Waals surface area contributed by atoms with Gasteiger partial charge in [0.25, 0.3) is 5.56 Å². The van der Waals surface area contributed by atoms with Gasteiger partial charge in [-0.25, -0.2) is 4.79 Å². The van der Waals surface area contributed by atoms with E-state index in [1.54, 1.807) is 7.05 Å². The second-order valence-corrected chi connectivity index (χ2v) is 8.74. The van der Waals surface area contributed by atoms with Crippen molar-refractivity contribution in [3.63, 3.8) is 0 Å². The van der Waals surface area contributed by atoms with Gasteiger partial charge in [-0.15, -0.1) is 0 Å². The summed E-state index contributed by atoms with van der Waals surface area (Å²) in [5.74, 6) is 0.652. The van der Waals surface area contributed by atoms with Crippen molar-refractivity contribution in [3.05, 3.63) is 62.6 Å². The zero-order valence-electron chi connectivity index (χ0n) is 19.0. The summed E-state index contributed by atoms with van der Waals surface area (Å²) < 4.78 is 6.79. The lowest BCUT2D eigenvalue weighted by Gasteiger charge is -2.26. The number of rotatable bonds is 5. The number of likely N-dealkylation sites (tertiary alicyclic amines) is 1. The highest BCUT2D eigenvalue weighted by atomic mass is 16.2. The number of hydrogen-bond donors (Lipinski definition) is 0. The first-order chi connectivity index (χ1) is 15.5. The lowest BCUT2D eigenvalue weighted by molar-refractivity contribution is 0.218. The fourth-order valence-electron chi connectivity index (χ4n) is 4.96. The molecule has 3 aromatic heterocycles. The molecule has 8 heteroatoms. The van der Waals surface area contributed by atoms with Gasteiger partial charge in [0.1, 0.15) is 0 Å². The molecule has 0 saturated carbocycles. The molecule has 1 aromatic carbocycles. The van der Waals surface area contributed by atoms with Crippen molar-refractivity contribution in [2.75, 3.05) is 19.6 Å². The third-order valence-corrected chi connectivity index (χ3v) is 6.73. The predicted molar refractivity (Wildman–Crippen MR) is 126 cm³/mol. The van der Waals surface area contributed by atoms with Crippen LogP contribution in [0.5, 0.6) is 0 Å². The van der Waals surface area contributed by atoms with E-state index < -0.39 is 0 Å². The van der Waals surface area contributed by atoms with Crippen LogP contribution in [0.2, 0.25) is 0 Å².